The van der Waals surface area contributed by atoms with Gasteiger partial charge in [0, 0.05) is 18.5 Å². The van der Waals surface area contributed by atoms with E-state index in [0.29, 0.717) is 6.54 Å². The molecule has 0 fully saturated rings. The summed E-state index contributed by atoms with van der Waals surface area (Å²) in [6, 6.07) is 10.00. The van der Waals surface area contributed by atoms with E-state index in [4.69, 9.17) is 5.11 Å². The molecule has 1 unspecified atom stereocenters. The average Bonchev–Trinajstić information content (AvgIpc) is 2.30. The van der Waals surface area contributed by atoms with E-state index in [2.05, 4.69) is 0 Å². The molecule has 0 aliphatic carbocycles. The van der Waals surface area contributed by atoms with E-state index in [1.807, 2.05) is 49.2 Å². The Kier molecular flexibility index (Phi) is 4.93. The monoisotopic (exact) mass is 223 g/mol. The van der Waals surface area contributed by atoms with Gasteiger partial charge in [0.05, 0.1) is 13.2 Å². The first-order valence-electron chi connectivity index (χ1n) is 5.58. The molecule has 0 heterocycles. The lowest BCUT2D eigenvalue weighted by atomic mass is 9.83. The van der Waals surface area contributed by atoms with Crippen molar-refractivity contribution in [1.29, 1.82) is 0 Å². The highest BCUT2D eigenvalue weighted by Gasteiger charge is 2.26. The van der Waals surface area contributed by atoms with Gasteiger partial charge in [0.25, 0.3) is 0 Å². The van der Waals surface area contributed by atoms with Crippen molar-refractivity contribution in [1.82, 2.24) is 4.90 Å². The molecule has 16 heavy (non-hydrogen) atoms. The molecule has 1 atom stereocenters. The van der Waals surface area contributed by atoms with E-state index in [1.165, 1.54) is 0 Å². The highest BCUT2D eigenvalue weighted by molar-refractivity contribution is 5.25. The van der Waals surface area contributed by atoms with Gasteiger partial charge in [0.2, 0.25) is 0 Å². The summed E-state index contributed by atoms with van der Waals surface area (Å²) in [4.78, 5) is 2.03. The molecule has 3 heteroatoms. The Morgan fingerprint density at radius 1 is 1.19 bits per heavy atom. The lowest BCUT2D eigenvalue weighted by Crippen LogP contribution is -2.40. The molecule has 0 aliphatic rings. The number of hydrogen-bond acceptors (Lipinski definition) is 3. The zero-order valence-electron chi connectivity index (χ0n) is 10.1. The van der Waals surface area contributed by atoms with Crippen LogP contribution in [-0.2, 0) is 5.41 Å². The number of aliphatic hydroxyl groups excluding tert-OH is 2. The van der Waals surface area contributed by atoms with Crippen molar-refractivity contribution in [3.05, 3.63) is 35.9 Å². The second-order valence-electron chi connectivity index (χ2n) is 4.55. The van der Waals surface area contributed by atoms with Crippen molar-refractivity contribution in [3.63, 3.8) is 0 Å². The van der Waals surface area contributed by atoms with Gasteiger partial charge in [0.1, 0.15) is 0 Å². The Labute approximate surface area is 97.3 Å². The maximum atomic E-state index is 9.57. The van der Waals surface area contributed by atoms with E-state index >= 15 is 0 Å². The average molecular weight is 223 g/mol. The Bertz CT molecular complexity index is 302. The quantitative estimate of drug-likeness (QED) is 0.752. The molecule has 0 amide bonds. The number of nitrogens with zero attached hydrogens (tertiary/aromatic N) is 1. The molecule has 0 saturated carbocycles. The summed E-state index contributed by atoms with van der Waals surface area (Å²) >= 11 is 0. The third kappa shape index (κ3) is 3.30. The molecule has 0 radical (unpaired) electrons. The third-order valence-electron chi connectivity index (χ3n) is 2.92. The Morgan fingerprint density at radius 2 is 1.81 bits per heavy atom. The largest absolute Gasteiger partial charge is 0.395 e. The minimum atomic E-state index is -0.273. The van der Waals surface area contributed by atoms with Crippen LogP contribution in [0.3, 0.4) is 0 Å². The van der Waals surface area contributed by atoms with Gasteiger partial charge >= 0.3 is 0 Å². The summed E-state index contributed by atoms with van der Waals surface area (Å²) in [6.07, 6.45) is 0. The molecule has 1 rings (SSSR count). The molecule has 2 N–H and O–H groups in total. The van der Waals surface area contributed by atoms with Gasteiger partial charge in [-0.25, -0.2) is 0 Å². The van der Waals surface area contributed by atoms with E-state index in [9.17, 15) is 5.11 Å². The van der Waals surface area contributed by atoms with Gasteiger partial charge in [-0.3, -0.25) is 0 Å². The second-order valence-corrected chi connectivity index (χ2v) is 4.55. The van der Waals surface area contributed by atoms with E-state index in [0.717, 1.165) is 12.1 Å². The van der Waals surface area contributed by atoms with Gasteiger partial charge in [-0.1, -0.05) is 37.3 Å². The molecule has 90 valence electrons. The maximum Gasteiger partial charge on any atom is 0.0558 e. The maximum absolute atomic E-state index is 9.57. The van der Waals surface area contributed by atoms with Crippen LogP contribution < -0.4 is 0 Å². The van der Waals surface area contributed by atoms with Crippen molar-refractivity contribution in [2.75, 3.05) is 33.4 Å². The Balaban J connectivity index is 2.78. The first kappa shape index (κ1) is 13.2. The number of likely N-dealkylation sites (N-methyl/N-ethyl adjacent to an activating group) is 1. The summed E-state index contributed by atoms with van der Waals surface area (Å²) in [7, 11) is 1.95. The number of hydrogen-bond donors (Lipinski definition) is 2. The summed E-state index contributed by atoms with van der Waals surface area (Å²) < 4.78 is 0. The van der Waals surface area contributed by atoms with Crippen molar-refractivity contribution >= 4 is 0 Å². The van der Waals surface area contributed by atoms with E-state index in [-0.39, 0.29) is 18.6 Å². The van der Waals surface area contributed by atoms with Crippen molar-refractivity contribution in [2.45, 2.75) is 12.3 Å². The van der Waals surface area contributed by atoms with E-state index < -0.39 is 0 Å². The Hall–Kier alpha value is -0.900. The smallest absolute Gasteiger partial charge is 0.0558 e. The molecule has 1 aromatic carbocycles. The summed E-state index contributed by atoms with van der Waals surface area (Å²) in [5, 5.41) is 18.4. The zero-order chi connectivity index (χ0) is 12.0. The van der Waals surface area contributed by atoms with Gasteiger partial charge in [-0.05, 0) is 12.6 Å². The van der Waals surface area contributed by atoms with Gasteiger partial charge in [0.15, 0.2) is 0 Å². The van der Waals surface area contributed by atoms with Crippen LogP contribution in [0.1, 0.15) is 12.5 Å². The van der Waals surface area contributed by atoms with Crippen LogP contribution in [0.25, 0.3) is 0 Å². The summed E-state index contributed by atoms with van der Waals surface area (Å²) in [6.45, 7) is 3.65. The fraction of sp³-hybridized carbons (Fsp3) is 0.538. The van der Waals surface area contributed by atoms with Gasteiger partial charge in [-0.15, -0.1) is 0 Å². The summed E-state index contributed by atoms with van der Waals surface area (Å²) in [5.74, 6) is 0. The molecule has 0 bridgehead atoms. The lowest BCUT2D eigenvalue weighted by molar-refractivity contribution is 0.143. The predicted octanol–water partition coefficient (Wildman–Crippen LogP) is 0.861. The van der Waals surface area contributed by atoms with Crippen molar-refractivity contribution in [3.8, 4) is 0 Å². The van der Waals surface area contributed by atoms with Crippen LogP contribution in [0.5, 0.6) is 0 Å². The minimum Gasteiger partial charge on any atom is -0.395 e. The van der Waals surface area contributed by atoms with Crippen LogP contribution in [0.4, 0.5) is 0 Å². The van der Waals surface area contributed by atoms with Crippen LogP contribution in [-0.4, -0.2) is 48.5 Å². The lowest BCUT2D eigenvalue weighted by Gasteiger charge is -2.32. The minimum absolute atomic E-state index is 0.104. The van der Waals surface area contributed by atoms with Gasteiger partial charge < -0.3 is 15.1 Å². The fourth-order valence-corrected chi connectivity index (χ4v) is 1.92. The fourth-order valence-electron chi connectivity index (χ4n) is 1.92. The molecule has 0 saturated heterocycles. The van der Waals surface area contributed by atoms with Crippen LogP contribution >= 0.6 is 0 Å². The Morgan fingerprint density at radius 3 is 2.31 bits per heavy atom. The van der Waals surface area contributed by atoms with Crippen molar-refractivity contribution < 1.29 is 10.2 Å². The molecule has 3 nitrogen and oxygen atoms in total. The van der Waals surface area contributed by atoms with Crippen molar-refractivity contribution in [2.24, 2.45) is 0 Å². The topological polar surface area (TPSA) is 43.7 Å². The SMILES string of the molecule is CN(CCO)CC(C)(CO)c1ccccc1. The normalized spacial score (nSPS) is 15.1. The molecular weight excluding hydrogens is 202 g/mol. The number of benzene rings is 1. The molecule has 0 aromatic heterocycles. The predicted molar refractivity (Wildman–Crippen MR) is 65.5 cm³/mol. The van der Waals surface area contributed by atoms with Crippen LogP contribution in [0.15, 0.2) is 30.3 Å². The first-order chi connectivity index (χ1) is 7.62. The number of aliphatic hydroxyl groups is 2. The molecule has 0 aliphatic heterocycles. The standard InChI is InChI=1S/C13H21NO2/c1-13(11-16,10-14(2)8-9-15)12-6-4-3-5-7-12/h3-7,15-16H,8-11H2,1-2H3. The second kappa shape index (κ2) is 5.99. The van der Waals surface area contributed by atoms with Crippen LogP contribution in [0.2, 0.25) is 0 Å². The van der Waals surface area contributed by atoms with E-state index in [1.54, 1.807) is 0 Å². The van der Waals surface area contributed by atoms with Crippen LogP contribution in [0, 0.1) is 0 Å². The van der Waals surface area contributed by atoms with Gasteiger partial charge in [-0.2, -0.15) is 0 Å². The zero-order valence-corrected chi connectivity index (χ0v) is 10.1. The highest BCUT2D eigenvalue weighted by Crippen LogP contribution is 2.23. The highest BCUT2D eigenvalue weighted by atomic mass is 16.3. The third-order valence-corrected chi connectivity index (χ3v) is 2.92. The number of rotatable bonds is 6. The molecule has 1 aromatic rings. The molecule has 0 spiro atoms. The summed E-state index contributed by atoms with van der Waals surface area (Å²) in [5.41, 5.74) is 0.854. The first-order valence-corrected chi connectivity index (χ1v) is 5.58. The molecular formula is C13H21NO2.